The third kappa shape index (κ3) is 2.14. The maximum atomic E-state index is 11.3. The lowest BCUT2D eigenvalue weighted by molar-refractivity contribution is 0.0641. The van der Waals surface area contributed by atoms with Gasteiger partial charge in [-0.1, -0.05) is 0 Å². The van der Waals surface area contributed by atoms with Crippen molar-refractivity contribution < 1.29 is 29.7 Å². The predicted molar refractivity (Wildman–Crippen MR) is 61.8 cm³/mol. The summed E-state index contributed by atoms with van der Waals surface area (Å²) in [6.07, 6.45) is 1.47. The van der Waals surface area contributed by atoms with E-state index in [0.29, 0.717) is 0 Å². The number of hydrogen-bond acceptors (Lipinski definition) is 4. The second-order valence-electron chi connectivity index (χ2n) is 4.41. The first-order chi connectivity index (χ1) is 8.84. The Bertz CT molecular complexity index is 603. The van der Waals surface area contributed by atoms with Crippen molar-refractivity contribution in [2.24, 2.45) is 0 Å². The van der Waals surface area contributed by atoms with Crippen LogP contribution in [0.3, 0.4) is 0 Å². The molecule has 0 unspecified atom stereocenters. The molecule has 19 heavy (non-hydrogen) atoms. The Morgan fingerprint density at radius 1 is 1.00 bits per heavy atom. The molecule has 0 aliphatic heterocycles. The molecule has 1 aromatic rings. The second-order valence-corrected chi connectivity index (χ2v) is 4.41. The van der Waals surface area contributed by atoms with Crippen molar-refractivity contribution >= 4 is 17.9 Å². The van der Waals surface area contributed by atoms with Gasteiger partial charge in [0.2, 0.25) is 0 Å². The summed E-state index contributed by atoms with van der Waals surface area (Å²) in [4.78, 5) is 37.2. The van der Waals surface area contributed by atoms with Crippen LogP contribution >= 0.6 is 0 Å². The summed E-state index contributed by atoms with van der Waals surface area (Å²) in [5.74, 6) is -4.34. The molecule has 0 aromatic carbocycles. The van der Waals surface area contributed by atoms with Gasteiger partial charge in [-0.25, -0.2) is 19.4 Å². The zero-order valence-electron chi connectivity index (χ0n) is 10.0. The highest BCUT2D eigenvalue weighted by Gasteiger charge is 2.35. The molecule has 1 aliphatic carbocycles. The SMILES string of the molecule is Cc1c(C(=O)O)c(C(=O)O)nc(C2CC2)c1C(=O)O. The van der Waals surface area contributed by atoms with Crippen LogP contribution in [0.1, 0.15) is 61.2 Å². The van der Waals surface area contributed by atoms with Gasteiger partial charge < -0.3 is 15.3 Å². The Morgan fingerprint density at radius 2 is 1.53 bits per heavy atom. The third-order valence-electron chi connectivity index (χ3n) is 3.07. The van der Waals surface area contributed by atoms with Crippen molar-refractivity contribution in [2.75, 3.05) is 0 Å². The van der Waals surface area contributed by atoms with E-state index >= 15 is 0 Å². The number of rotatable bonds is 4. The van der Waals surface area contributed by atoms with E-state index in [2.05, 4.69) is 4.98 Å². The van der Waals surface area contributed by atoms with Crippen molar-refractivity contribution in [1.29, 1.82) is 0 Å². The molecule has 1 fully saturated rings. The summed E-state index contributed by atoms with van der Waals surface area (Å²) in [7, 11) is 0. The van der Waals surface area contributed by atoms with E-state index in [1.807, 2.05) is 0 Å². The normalized spacial score (nSPS) is 14.2. The molecule has 1 aromatic heterocycles. The van der Waals surface area contributed by atoms with E-state index in [4.69, 9.17) is 10.2 Å². The minimum Gasteiger partial charge on any atom is -0.478 e. The van der Waals surface area contributed by atoms with Crippen LogP contribution in [0.25, 0.3) is 0 Å². The van der Waals surface area contributed by atoms with Gasteiger partial charge in [-0.15, -0.1) is 0 Å². The molecule has 0 atom stereocenters. The Labute approximate surface area is 107 Å². The Hall–Kier alpha value is -2.44. The molecule has 0 bridgehead atoms. The van der Waals surface area contributed by atoms with E-state index in [9.17, 15) is 19.5 Å². The van der Waals surface area contributed by atoms with Crippen LogP contribution in [-0.2, 0) is 0 Å². The molecule has 1 saturated carbocycles. The smallest absolute Gasteiger partial charge is 0.355 e. The molecular formula is C12H11NO6. The van der Waals surface area contributed by atoms with Gasteiger partial charge in [-0.3, -0.25) is 0 Å². The first-order valence-corrected chi connectivity index (χ1v) is 5.59. The number of nitrogens with zero attached hydrogens (tertiary/aromatic N) is 1. The van der Waals surface area contributed by atoms with E-state index < -0.39 is 29.2 Å². The van der Waals surface area contributed by atoms with E-state index in [0.717, 1.165) is 12.8 Å². The van der Waals surface area contributed by atoms with Crippen LogP contribution < -0.4 is 0 Å². The van der Waals surface area contributed by atoms with Crippen LogP contribution in [0.5, 0.6) is 0 Å². The molecule has 100 valence electrons. The molecule has 1 aliphatic rings. The van der Waals surface area contributed by atoms with Crippen LogP contribution in [0.2, 0.25) is 0 Å². The lowest BCUT2D eigenvalue weighted by atomic mass is 9.97. The molecule has 7 heteroatoms. The van der Waals surface area contributed by atoms with Crippen LogP contribution in [0.4, 0.5) is 0 Å². The lowest BCUT2D eigenvalue weighted by Crippen LogP contribution is -2.19. The van der Waals surface area contributed by atoms with Crippen LogP contribution in [0, 0.1) is 6.92 Å². The fraction of sp³-hybridized carbons (Fsp3) is 0.333. The molecule has 1 heterocycles. The summed E-state index contributed by atoms with van der Waals surface area (Å²) >= 11 is 0. The number of pyridine rings is 1. The predicted octanol–water partition coefficient (Wildman–Crippen LogP) is 1.36. The zero-order chi connectivity index (χ0) is 14.3. The summed E-state index contributed by atoms with van der Waals surface area (Å²) in [6.45, 7) is 1.30. The van der Waals surface area contributed by atoms with Gasteiger partial charge in [-0.2, -0.15) is 0 Å². The number of aromatic nitrogens is 1. The largest absolute Gasteiger partial charge is 0.478 e. The fourth-order valence-electron chi connectivity index (χ4n) is 2.07. The maximum Gasteiger partial charge on any atom is 0.355 e. The molecule has 2 rings (SSSR count). The van der Waals surface area contributed by atoms with Gasteiger partial charge in [0.25, 0.3) is 0 Å². The van der Waals surface area contributed by atoms with Crippen LogP contribution in [-0.4, -0.2) is 38.2 Å². The average Bonchev–Trinajstić information content (AvgIpc) is 3.09. The molecule has 0 amide bonds. The summed E-state index contributed by atoms with van der Waals surface area (Å²) < 4.78 is 0. The first kappa shape index (κ1) is 13.0. The highest BCUT2D eigenvalue weighted by atomic mass is 16.4. The molecular weight excluding hydrogens is 254 g/mol. The standard InChI is InChI=1S/C12H11NO6/c1-4-6(10(14)15)8(5-2-3-5)13-9(12(18)19)7(4)11(16)17/h5H,2-3H2,1H3,(H,14,15)(H,16,17)(H,18,19). The second kappa shape index (κ2) is 4.34. The van der Waals surface area contributed by atoms with Crippen molar-refractivity contribution in [2.45, 2.75) is 25.7 Å². The van der Waals surface area contributed by atoms with Gasteiger partial charge in [0, 0.05) is 5.92 Å². The van der Waals surface area contributed by atoms with E-state index in [1.165, 1.54) is 6.92 Å². The zero-order valence-corrected chi connectivity index (χ0v) is 10.0. The lowest BCUT2D eigenvalue weighted by Gasteiger charge is -2.12. The Balaban J connectivity index is 2.81. The van der Waals surface area contributed by atoms with Crippen molar-refractivity contribution in [3.05, 3.63) is 28.1 Å². The van der Waals surface area contributed by atoms with Gasteiger partial charge in [0.05, 0.1) is 16.8 Å². The van der Waals surface area contributed by atoms with Crippen molar-refractivity contribution in [3.63, 3.8) is 0 Å². The minimum absolute atomic E-state index is 0.0608. The van der Waals surface area contributed by atoms with Gasteiger partial charge in [0.15, 0.2) is 5.69 Å². The highest BCUT2D eigenvalue weighted by Crippen LogP contribution is 2.42. The Kier molecular flexibility index (Phi) is 2.97. The summed E-state index contributed by atoms with van der Waals surface area (Å²) in [5, 5.41) is 27.3. The topological polar surface area (TPSA) is 125 Å². The molecule has 0 radical (unpaired) electrons. The highest BCUT2D eigenvalue weighted by molar-refractivity contribution is 6.04. The maximum absolute atomic E-state index is 11.3. The van der Waals surface area contributed by atoms with Gasteiger partial charge >= 0.3 is 17.9 Å². The fourth-order valence-corrected chi connectivity index (χ4v) is 2.07. The molecule has 0 saturated heterocycles. The number of carbonyl (C=O) groups is 3. The van der Waals surface area contributed by atoms with E-state index in [1.54, 1.807) is 0 Å². The monoisotopic (exact) mass is 265 g/mol. The molecule has 3 N–H and O–H groups in total. The minimum atomic E-state index is -1.49. The average molecular weight is 265 g/mol. The number of carboxylic acids is 3. The third-order valence-corrected chi connectivity index (χ3v) is 3.07. The van der Waals surface area contributed by atoms with Crippen molar-refractivity contribution in [3.8, 4) is 0 Å². The van der Waals surface area contributed by atoms with Gasteiger partial charge in [0.1, 0.15) is 0 Å². The summed E-state index contributed by atoms with van der Waals surface area (Å²) in [6, 6.07) is 0. The van der Waals surface area contributed by atoms with Gasteiger partial charge in [-0.05, 0) is 25.3 Å². The quantitative estimate of drug-likeness (QED) is 0.750. The number of aromatic carboxylic acids is 3. The van der Waals surface area contributed by atoms with E-state index in [-0.39, 0.29) is 22.7 Å². The summed E-state index contributed by atoms with van der Waals surface area (Å²) in [5.41, 5.74) is -1.24. The molecule has 0 spiro atoms. The number of hydrogen-bond donors (Lipinski definition) is 3. The first-order valence-electron chi connectivity index (χ1n) is 5.59. The Morgan fingerprint density at radius 3 is 1.89 bits per heavy atom. The van der Waals surface area contributed by atoms with Crippen molar-refractivity contribution in [1.82, 2.24) is 4.98 Å². The van der Waals surface area contributed by atoms with Crippen LogP contribution in [0.15, 0.2) is 0 Å². The number of carboxylic acid groups (broad SMARTS) is 3. The molecule has 7 nitrogen and oxygen atoms in total.